The van der Waals surface area contributed by atoms with Crippen LogP contribution < -0.4 is 5.32 Å². The fourth-order valence-electron chi connectivity index (χ4n) is 1.33. The van der Waals surface area contributed by atoms with Gasteiger partial charge in [0.1, 0.15) is 0 Å². The Morgan fingerprint density at radius 2 is 2.12 bits per heavy atom. The Morgan fingerprint density at radius 1 is 1.50 bits per heavy atom. The van der Waals surface area contributed by atoms with Gasteiger partial charge in [0, 0.05) is 31.4 Å². The van der Waals surface area contributed by atoms with Crippen molar-refractivity contribution >= 4 is 0 Å². The molecule has 0 amide bonds. The third kappa shape index (κ3) is 3.23. The Balaban J connectivity index is 2.79. The van der Waals surface area contributed by atoms with Crippen LogP contribution in [0.4, 0.5) is 13.2 Å². The topological polar surface area (TPSA) is 29.9 Å². The van der Waals surface area contributed by atoms with Gasteiger partial charge in [-0.3, -0.25) is 4.68 Å². The van der Waals surface area contributed by atoms with E-state index in [2.05, 4.69) is 10.4 Å². The fourth-order valence-corrected chi connectivity index (χ4v) is 1.33. The molecule has 0 aliphatic heterocycles. The van der Waals surface area contributed by atoms with Crippen molar-refractivity contribution in [2.24, 2.45) is 7.05 Å². The first-order valence-corrected chi connectivity index (χ1v) is 5.17. The molecule has 92 valence electrons. The van der Waals surface area contributed by atoms with E-state index in [1.165, 1.54) is 17.9 Å². The summed E-state index contributed by atoms with van der Waals surface area (Å²) in [5.41, 5.74) is -0.610. The van der Waals surface area contributed by atoms with Crippen molar-refractivity contribution in [2.75, 3.05) is 0 Å². The second-order valence-electron chi connectivity index (χ2n) is 3.86. The summed E-state index contributed by atoms with van der Waals surface area (Å²) in [6.07, 6.45) is -2.10. The molecule has 0 aromatic carbocycles. The number of alkyl halides is 3. The number of rotatable bonds is 4. The lowest BCUT2D eigenvalue weighted by Crippen LogP contribution is -2.25. The van der Waals surface area contributed by atoms with Gasteiger partial charge in [-0.2, -0.15) is 18.3 Å². The van der Waals surface area contributed by atoms with Gasteiger partial charge in [0.25, 0.3) is 0 Å². The van der Waals surface area contributed by atoms with Gasteiger partial charge < -0.3 is 5.32 Å². The van der Waals surface area contributed by atoms with Crippen LogP contribution in [0.5, 0.6) is 0 Å². The molecule has 1 unspecified atom stereocenters. The van der Waals surface area contributed by atoms with Gasteiger partial charge in [0.15, 0.2) is 5.69 Å². The zero-order valence-electron chi connectivity index (χ0n) is 9.60. The Hall–Kier alpha value is -1.04. The Labute approximate surface area is 92.6 Å². The highest BCUT2D eigenvalue weighted by Gasteiger charge is 2.36. The SMILES string of the molecule is CCC(C)NCc1cn(C)nc1C(F)(F)F. The van der Waals surface area contributed by atoms with E-state index in [1.54, 1.807) is 0 Å². The number of nitrogens with one attached hydrogen (secondary N) is 1. The van der Waals surface area contributed by atoms with Crippen LogP contribution in [0.1, 0.15) is 31.5 Å². The molecule has 0 radical (unpaired) electrons. The fraction of sp³-hybridized carbons (Fsp3) is 0.700. The predicted octanol–water partition coefficient (Wildman–Crippen LogP) is 2.33. The molecular formula is C10H16F3N3. The average Bonchev–Trinajstić information content (AvgIpc) is 2.55. The molecule has 0 bridgehead atoms. The lowest BCUT2D eigenvalue weighted by molar-refractivity contribution is -0.142. The first-order valence-electron chi connectivity index (χ1n) is 5.17. The number of hydrogen-bond acceptors (Lipinski definition) is 2. The van der Waals surface area contributed by atoms with Crippen LogP contribution in [0.2, 0.25) is 0 Å². The molecule has 1 aromatic rings. The smallest absolute Gasteiger partial charge is 0.310 e. The molecule has 3 nitrogen and oxygen atoms in total. The maximum Gasteiger partial charge on any atom is 0.435 e. The van der Waals surface area contributed by atoms with Crippen LogP contribution >= 0.6 is 0 Å². The van der Waals surface area contributed by atoms with Crippen LogP contribution in [0.15, 0.2) is 6.20 Å². The van der Waals surface area contributed by atoms with Gasteiger partial charge in [0.05, 0.1) is 0 Å². The van der Waals surface area contributed by atoms with Gasteiger partial charge in [-0.05, 0) is 13.3 Å². The van der Waals surface area contributed by atoms with E-state index in [4.69, 9.17) is 0 Å². The molecule has 0 spiro atoms. The second-order valence-corrected chi connectivity index (χ2v) is 3.86. The highest BCUT2D eigenvalue weighted by atomic mass is 19.4. The molecule has 1 N–H and O–H groups in total. The number of halogens is 3. The van der Waals surface area contributed by atoms with Crippen LogP contribution in [0.3, 0.4) is 0 Å². The quantitative estimate of drug-likeness (QED) is 0.868. The van der Waals surface area contributed by atoms with Gasteiger partial charge in [-0.25, -0.2) is 0 Å². The molecule has 1 aromatic heterocycles. The van der Waals surface area contributed by atoms with E-state index >= 15 is 0 Å². The van der Waals surface area contributed by atoms with Crippen molar-refractivity contribution in [2.45, 2.75) is 39.0 Å². The maximum absolute atomic E-state index is 12.6. The molecule has 1 atom stereocenters. The van der Waals surface area contributed by atoms with E-state index in [-0.39, 0.29) is 18.2 Å². The largest absolute Gasteiger partial charge is 0.435 e. The van der Waals surface area contributed by atoms with Crippen molar-refractivity contribution in [1.29, 1.82) is 0 Å². The number of hydrogen-bond donors (Lipinski definition) is 1. The Kier molecular flexibility index (Phi) is 3.96. The van der Waals surface area contributed by atoms with Crippen LogP contribution in [0.25, 0.3) is 0 Å². The number of aromatic nitrogens is 2. The highest BCUT2D eigenvalue weighted by molar-refractivity contribution is 5.19. The minimum absolute atomic E-state index is 0.190. The lowest BCUT2D eigenvalue weighted by Gasteiger charge is -2.11. The zero-order chi connectivity index (χ0) is 12.3. The first kappa shape index (κ1) is 13.0. The minimum Gasteiger partial charge on any atom is -0.310 e. The van der Waals surface area contributed by atoms with Crippen molar-refractivity contribution in [3.63, 3.8) is 0 Å². The van der Waals surface area contributed by atoms with Gasteiger partial charge >= 0.3 is 6.18 Å². The van der Waals surface area contributed by atoms with Crippen LogP contribution in [-0.2, 0) is 19.8 Å². The highest BCUT2D eigenvalue weighted by Crippen LogP contribution is 2.30. The summed E-state index contributed by atoms with van der Waals surface area (Å²) in [6, 6.07) is 0.196. The summed E-state index contributed by atoms with van der Waals surface area (Å²) >= 11 is 0. The molecule has 1 rings (SSSR count). The maximum atomic E-state index is 12.6. The summed E-state index contributed by atoms with van der Waals surface area (Å²) in [6.45, 7) is 4.10. The molecule has 6 heteroatoms. The van der Waals surface area contributed by atoms with Crippen molar-refractivity contribution in [1.82, 2.24) is 15.1 Å². The van der Waals surface area contributed by atoms with Crippen LogP contribution in [0, 0.1) is 0 Å². The average molecular weight is 235 g/mol. The first-order chi connectivity index (χ1) is 7.34. The van der Waals surface area contributed by atoms with E-state index in [0.29, 0.717) is 0 Å². The van der Waals surface area contributed by atoms with E-state index in [1.807, 2.05) is 13.8 Å². The molecule has 16 heavy (non-hydrogen) atoms. The number of nitrogens with zero attached hydrogens (tertiary/aromatic N) is 2. The summed E-state index contributed by atoms with van der Waals surface area (Å²) < 4.78 is 38.9. The molecule has 0 aliphatic rings. The number of aryl methyl sites for hydroxylation is 1. The standard InChI is InChI=1S/C10H16F3N3/c1-4-7(2)14-5-8-6-16(3)15-9(8)10(11,12)13/h6-7,14H,4-5H2,1-3H3. The van der Waals surface area contributed by atoms with Gasteiger partial charge in [0.2, 0.25) is 0 Å². The van der Waals surface area contributed by atoms with E-state index in [0.717, 1.165) is 6.42 Å². The predicted molar refractivity (Wildman–Crippen MR) is 54.8 cm³/mol. The zero-order valence-corrected chi connectivity index (χ0v) is 9.60. The normalized spacial score (nSPS) is 14.1. The Bertz CT molecular complexity index is 344. The van der Waals surface area contributed by atoms with Gasteiger partial charge in [-0.1, -0.05) is 6.92 Å². The lowest BCUT2D eigenvalue weighted by atomic mass is 10.2. The summed E-state index contributed by atoms with van der Waals surface area (Å²) in [4.78, 5) is 0. The van der Waals surface area contributed by atoms with Crippen molar-refractivity contribution in [3.8, 4) is 0 Å². The molecule has 0 saturated carbocycles. The van der Waals surface area contributed by atoms with Crippen molar-refractivity contribution in [3.05, 3.63) is 17.5 Å². The molecule has 0 fully saturated rings. The summed E-state index contributed by atoms with van der Waals surface area (Å²) in [5, 5.41) is 6.46. The van der Waals surface area contributed by atoms with Crippen molar-refractivity contribution < 1.29 is 13.2 Å². The van der Waals surface area contributed by atoms with Crippen LogP contribution in [-0.4, -0.2) is 15.8 Å². The molecule has 1 heterocycles. The molecule has 0 aliphatic carbocycles. The summed E-state index contributed by atoms with van der Waals surface area (Å²) in [5.74, 6) is 0. The Morgan fingerprint density at radius 3 is 2.62 bits per heavy atom. The third-order valence-electron chi connectivity index (χ3n) is 2.43. The van der Waals surface area contributed by atoms with E-state index < -0.39 is 11.9 Å². The second kappa shape index (κ2) is 4.86. The summed E-state index contributed by atoms with van der Waals surface area (Å²) in [7, 11) is 1.49. The molecule has 0 saturated heterocycles. The third-order valence-corrected chi connectivity index (χ3v) is 2.43. The van der Waals surface area contributed by atoms with Gasteiger partial charge in [-0.15, -0.1) is 0 Å². The monoisotopic (exact) mass is 235 g/mol. The molecular weight excluding hydrogens is 219 g/mol. The minimum atomic E-state index is -4.38. The van der Waals surface area contributed by atoms with E-state index in [9.17, 15) is 13.2 Å².